The van der Waals surface area contributed by atoms with Crippen molar-refractivity contribution in [2.75, 3.05) is 43.0 Å². The molecule has 1 aromatic heterocycles. The van der Waals surface area contributed by atoms with Crippen LogP contribution in [0.2, 0.25) is 0 Å². The molecule has 1 heterocycles. The number of carbonyl (C=O) groups excluding carboxylic acids is 2. The summed E-state index contributed by atoms with van der Waals surface area (Å²) in [4.78, 5) is 35.3. The Hall–Kier alpha value is -9.03. The predicted octanol–water partition coefficient (Wildman–Crippen LogP) is 13.7. The predicted molar refractivity (Wildman–Crippen MR) is 322 cm³/mol. The fourth-order valence-electron chi connectivity index (χ4n) is 10.3. The number of nitrogens with one attached hydrogen (secondary N) is 4. The van der Waals surface area contributed by atoms with Gasteiger partial charge >= 0.3 is 12.4 Å². The molecule has 0 saturated heterocycles. The summed E-state index contributed by atoms with van der Waals surface area (Å²) in [7, 11) is 0. The Labute approximate surface area is 484 Å². The van der Waals surface area contributed by atoms with Crippen LogP contribution in [-0.2, 0) is 12.4 Å². The molecule has 12 nitrogen and oxygen atoms in total. The maximum absolute atomic E-state index is 13.8. The molecule has 0 spiro atoms. The number of unbranched alkanes of at least 4 members (excludes halogenated alkanes) is 6. The molecule has 84 heavy (non-hydrogen) atoms. The summed E-state index contributed by atoms with van der Waals surface area (Å²) in [6.45, 7) is 6.44. The van der Waals surface area contributed by atoms with Gasteiger partial charge in [-0.15, -0.1) is 4.57 Å². The van der Waals surface area contributed by atoms with Crippen LogP contribution in [-0.4, -0.2) is 48.7 Å². The number of para-hydroxylation sites is 2. The van der Waals surface area contributed by atoms with Crippen molar-refractivity contribution in [1.29, 1.82) is 0 Å². The molecular formula is C66H68F6N10O2+2. The average molecular weight is 1150 g/mol. The number of aryl methyl sites for hydroxylation is 1. The van der Waals surface area contributed by atoms with Crippen LogP contribution in [0, 0.1) is 6.92 Å². The van der Waals surface area contributed by atoms with E-state index in [1.165, 1.54) is 12.1 Å². The zero-order chi connectivity index (χ0) is 59.4. The number of fused-ring (bicyclic) bond motifs is 2. The number of alkyl halides is 6. The molecule has 0 saturated carbocycles. The Morgan fingerprint density at radius 3 is 1.68 bits per heavy atom. The third-order valence-electron chi connectivity index (χ3n) is 14.8. The Balaban J connectivity index is 0.652. The van der Waals surface area contributed by atoms with Gasteiger partial charge in [0.1, 0.15) is 22.4 Å². The van der Waals surface area contributed by atoms with Crippen molar-refractivity contribution in [3.63, 3.8) is 0 Å². The van der Waals surface area contributed by atoms with Crippen molar-refractivity contribution in [2.24, 2.45) is 4.99 Å². The fourth-order valence-corrected chi connectivity index (χ4v) is 10.3. The van der Waals surface area contributed by atoms with E-state index in [1.807, 2.05) is 128 Å². The number of rotatable bonds is 23. The summed E-state index contributed by atoms with van der Waals surface area (Å²) in [6.07, 6.45) is 2.37. The third-order valence-corrected chi connectivity index (χ3v) is 14.8. The Morgan fingerprint density at radius 2 is 1.11 bits per heavy atom. The molecule has 1 aliphatic rings. The lowest BCUT2D eigenvalue weighted by molar-refractivity contribution is -0.538. The first-order chi connectivity index (χ1) is 40.4. The summed E-state index contributed by atoms with van der Waals surface area (Å²) in [6, 6.07) is 42.1. The molecule has 1 aliphatic carbocycles. The van der Waals surface area contributed by atoms with Gasteiger partial charge in [-0.25, -0.2) is 9.98 Å². The number of nitrogens with two attached hydrogens (primary N) is 3. The standard InChI is InChI=1S/C66H66F6N10O2/c1-42-35-49(80-57-37-51(65(67,68)69)53(73)39-58(57)79-48-17-9-7-10-18-48)29-30-55(42)75-31-13-3-5-15-33-77-63(83)46-25-21-44(22-26-46)45-23-27-47(28-24-45)64(84)78-34-16-6-4-14-32-76-56-41-62-59(36-43(56)2)81-60-38-52(66(70,71)72)54(74)40-61(60)82(62)50-19-11-8-12-20-50/h7-12,17-28,30,35-41,75,79H,3-6,13-16,29,31-34,73H2,1-2H3,(H4,74,76,77,78,83,84)/p+2. The smallest absolute Gasteiger partial charge is 0.398 e. The highest BCUT2D eigenvalue weighted by atomic mass is 19.4. The molecule has 18 heteroatoms. The summed E-state index contributed by atoms with van der Waals surface area (Å²) in [5, 5.41) is 14.8. The van der Waals surface area contributed by atoms with Crippen LogP contribution in [0.1, 0.15) is 102 Å². The van der Waals surface area contributed by atoms with Gasteiger partial charge in [-0.2, -0.15) is 26.3 Å². The van der Waals surface area contributed by atoms with Crippen LogP contribution >= 0.6 is 0 Å². The molecule has 10 N–H and O–H groups in total. The molecular weight excluding hydrogens is 1080 g/mol. The molecule has 8 aromatic rings. The second-order valence-corrected chi connectivity index (χ2v) is 21.0. The number of nitrogens with zero attached hydrogens (tertiary/aromatic N) is 3. The van der Waals surface area contributed by atoms with E-state index in [2.05, 4.69) is 31.2 Å². The van der Waals surface area contributed by atoms with Gasteiger partial charge in [-0.05, 0) is 122 Å². The Kier molecular flexibility index (Phi) is 19.1. The van der Waals surface area contributed by atoms with Gasteiger partial charge in [0.15, 0.2) is 5.69 Å². The number of anilines is 3. The number of quaternary nitrogens is 1. The number of carbonyl (C=O) groups is 2. The summed E-state index contributed by atoms with van der Waals surface area (Å²) < 4.78 is 84.8. The van der Waals surface area contributed by atoms with Gasteiger partial charge in [0, 0.05) is 96.8 Å². The molecule has 0 aliphatic heterocycles. The maximum Gasteiger partial charge on any atom is 0.418 e. The van der Waals surface area contributed by atoms with Crippen molar-refractivity contribution in [3.05, 3.63) is 197 Å². The lowest BCUT2D eigenvalue weighted by Gasteiger charge is -2.17. The lowest BCUT2D eigenvalue weighted by atomic mass is 10.0. The van der Waals surface area contributed by atoms with Crippen molar-refractivity contribution >= 4 is 73.7 Å². The first-order valence-corrected chi connectivity index (χ1v) is 28.2. The van der Waals surface area contributed by atoms with Crippen LogP contribution in [0.3, 0.4) is 0 Å². The van der Waals surface area contributed by atoms with Crippen molar-refractivity contribution < 1.29 is 45.8 Å². The van der Waals surface area contributed by atoms with Gasteiger partial charge in [0.25, 0.3) is 11.8 Å². The van der Waals surface area contributed by atoms with E-state index in [-0.39, 0.29) is 34.4 Å². The van der Waals surface area contributed by atoms with E-state index in [0.29, 0.717) is 59.6 Å². The quantitative estimate of drug-likeness (QED) is 0.0109. The largest absolute Gasteiger partial charge is 0.418 e. The first-order valence-electron chi connectivity index (χ1n) is 28.2. The minimum absolute atomic E-state index is 0.143. The highest BCUT2D eigenvalue weighted by molar-refractivity contribution is 6.01. The topological polar surface area (TPSA) is 180 Å². The number of nitrogen functional groups attached to an aromatic ring is 2. The number of hydrogen-bond acceptors (Lipinski definition) is 8. The molecule has 7 aromatic carbocycles. The number of aliphatic imine (C=N–C) groups is 1. The lowest BCUT2D eigenvalue weighted by Crippen LogP contribution is -2.71. The number of benzene rings is 7. The minimum atomic E-state index is -4.61. The SMILES string of the molecule is CC1=CC(=Nc2cc(C(F)(F)F)c(N)cc2[NH2+]c2ccccc2)CC=C1NCCCCCCNC(=O)c1ccc(-c2ccc(C(=O)NCCCCCCNc3cc4c(cc3C)nc3cc(C(F)(F)F)c(N)cc3[n+]4-c3ccccc3)cc2)cc1. The monoisotopic (exact) mass is 1150 g/mol. The van der Waals surface area contributed by atoms with E-state index in [0.717, 1.165) is 121 Å². The van der Waals surface area contributed by atoms with E-state index in [4.69, 9.17) is 11.5 Å². The third kappa shape index (κ3) is 15.1. The number of allylic oxidation sites excluding steroid dienone is 3. The Morgan fingerprint density at radius 1 is 0.595 bits per heavy atom. The zero-order valence-electron chi connectivity index (χ0n) is 46.9. The highest BCUT2D eigenvalue weighted by Crippen LogP contribution is 2.40. The molecule has 0 radical (unpaired) electrons. The van der Waals surface area contributed by atoms with Crippen molar-refractivity contribution in [2.45, 2.75) is 84.0 Å². The van der Waals surface area contributed by atoms with E-state index < -0.39 is 23.5 Å². The molecule has 0 fully saturated rings. The fraction of sp³-hybridized carbons (Fsp3) is 0.258. The summed E-state index contributed by atoms with van der Waals surface area (Å²) in [5.74, 6) is -0.290. The van der Waals surface area contributed by atoms with Gasteiger partial charge in [0.2, 0.25) is 16.7 Å². The second-order valence-electron chi connectivity index (χ2n) is 21.0. The molecule has 0 unspecified atom stereocenters. The van der Waals surface area contributed by atoms with Crippen molar-refractivity contribution in [3.8, 4) is 16.8 Å². The van der Waals surface area contributed by atoms with Crippen LogP contribution in [0.25, 0.3) is 38.9 Å². The zero-order valence-corrected chi connectivity index (χ0v) is 46.9. The number of halogens is 6. The van der Waals surface area contributed by atoms with E-state index in [1.54, 1.807) is 29.6 Å². The van der Waals surface area contributed by atoms with E-state index >= 15 is 0 Å². The summed E-state index contributed by atoms with van der Waals surface area (Å²) >= 11 is 0. The normalized spacial score (nSPS) is 13.2. The summed E-state index contributed by atoms with van der Waals surface area (Å²) in [5.41, 5.74) is 20.8. The van der Waals surface area contributed by atoms with Gasteiger partial charge in [-0.1, -0.05) is 92.4 Å². The van der Waals surface area contributed by atoms with Crippen molar-refractivity contribution in [1.82, 2.24) is 20.9 Å². The molecule has 434 valence electrons. The number of aromatic nitrogens is 2. The second kappa shape index (κ2) is 26.9. The molecule has 9 rings (SSSR count). The number of hydrogen-bond donors (Lipinski definition) is 7. The maximum atomic E-state index is 13.8. The molecule has 0 atom stereocenters. The van der Waals surface area contributed by atoms with Gasteiger partial charge < -0.3 is 32.7 Å². The van der Waals surface area contributed by atoms with E-state index in [9.17, 15) is 35.9 Å². The Bertz CT molecular complexity index is 3730. The molecule has 0 bridgehead atoms. The highest BCUT2D eigenvalue weighted by Gasteiger charge is 2.36. The van der Waals surface area contributed by atoms with Gasteiger partial charge in [-0.3, -0.25) is 14.9 Å². The number of amides is 2. The average Bonchev–Trinajstić information content (AvgIpc) is 3.48. The molecule has 2 amide bonds. The van der Waals surface area contributed by atoms with Crippen LogP contribution in [0.4, 0.5) is 60.5 Å². The first kappa shape index (κ1) is 59.6. The van der Waals surface area contributed by atoms with Crippen LogP contribution in [0.15, 0.2) is 174 Å². The van der Waals surface area contributed by atoms with Gasteiger partial charge in [0.05, 0.1) is 16.8 Å². The van der Waals surface area contributed by atoms with Crippen LogP contribution < -0.4 is 42.6 Å². The van der Waals surface area contributed by atoms with Crippen LogP contribution in [0.5, 0.6) is 0 Å². The minimum Gasteiger partial charge on any atom is -0.398 e.